The van der Waals surface area contributed by atoms with Crippen LogP contribution in [0.3, 0.4) is 0 Å². The van der Waals surface area contributed by atoms with Gasteiger partial charge in [0, 0.05) is 9.58 Å². The third kappa shape index (κ3) is 3.17. The normalized spacial score (nSPS) is 11.2. The van der Waals surface area contributed by atoms with Crippen LogP contribution in [0.2, 0.25) is 0 Å². The van der Waals surface area contributed by atoms with E-state index in [0.717, 1.165) is 4.70 Å². The van der Waals surface area contributed by atoms with Crippen LogP contribution in [0.5, 0.6) is 5.75 Å². The number of hydrogen-bond donors (Lipinski definition) is 1. The van der Waals surface area contributed by atoms with Crippen LogP contribution >= 0.6 is 11.3 Å². The van der Waals surface area contributed by atoms with Crippen LogP contribution in [0.15, 0.2) is 42.5 Å². The van der Waals surface area contributed by atoms with E-state index in [1.165, 1.54) is 52.6 Å². The molecule has 0 amide bonds. The highest BCUT2D eigenvalue weighted by molar-refractivity contribution is 7.22. The fraction of sp³-hybridized carbons (Fsp3) is 0.300. The first-order chi connectivity index (χ1) is 10.7. The fourth-order valence-corrected chi connectivity index (χ4v) is 4.08. The predicted molar refractivity (Wildman–Crippen MR) is 96.9 cm³/mol. The second kappa shape index (κ2) is 6.53. The molecule has 0 bridgehead atoms. The summed E-state index contributed by atoms with van der Waals surface area (Å²) in [5, 5.41) is 10.8. The van der Waals surface area contributed by atoms with E-state index < -0.39 is 0 Å². The Morgan fingerprint density at radius 1 is 1.00 bits per heavy atom. The smallest absolute Gasteiger partial charge is 0.117 e. The monoisotopic (exact) mass is 310 g/mol. The Morgan fingerprint density at radius 3 is 2.64 bits per heavy atom. The van der Waals surface area contributed by atoms with Crippen LogP contribution in [-0.2, 0) is 6.42 Å². The molecule has 22 heavy (non-hydrogen) atoms. The Hall–Kier alpha value is -1.80. The maximum Gasteiger partial charge on any atom is 0.117 e. The molecule has 2 aromatic carbocycles. The molecule has 0 atom stereocenters. The minimum absolute atomic E-state index is 0.337. The minimum atomic E-state index is 0.337. The Balaban J connectivity index is 1.89. The SMILES string of the molecule is CCCCCc1ccc(-c2cc3ccc(O)cc3s2)c(C)c1. The molecular formula is C20H22OS. The number of rotatable bonds is 5. The summed E-state index contributed by atoms with van der Waals surface area (Å²) in [6.45, 7) is 4.44. The lowest BCUT2D eigenvalue weighted by molar-refractivity contribution is 0.476. The number of aryl methyl sites for hydroxylation is 2. The average molecular weight is 310 g/mol. The van der Waals surface area contributed by atoms with Crippen LogP contribution in [0.1, 0.15) is 37.3 Å². The van der Waals surface area contributed by atoms with Crippen molar-refractivity contribution in [2.24, 2.45) is 0 Å². The van der Waals surface area contributed by atoms with Crippen molar-refractivity contribution in [3.05, 3.63) is 53.6 Å². The molecule has 0 aliphatic rings. The third-order valence-electron chi connectivity index (χ3n) is 4.13. The van der Waals surface area contributed by atoms with Crippen molar-refractivity contribution in [2.75, 3.05) is 0 Å². The van der Waals surface area contributed by atoms with Crippen LogP contribution in [0, 0.1) is 6.92 Å². The molecule has 0 aliphatic heterocycles. The zero-order chi connectivity index (χ0) is 15.5. The molecule has 3 aromatic rings. The van der Waals surface area contributed by atoms with Gasteiger partial charge in [-0.1, -0.05) is 38.0 Å². The van der Waals surface area contributed by atoms with E-state index in [4.69, 9.17) is 0 Å². The van der Waals surface area contributed by atoms with Gasteiger partial charge in [0.1, 0.15) is 5.75 Å². The molecule has 0 saturated heterocycles. The van der Waals surface area contributed by atoms with Crippen molar-refractivity contribution in [3.63, 3.8) is 0 Å². The van der Waals surface area contributed by atoms with Gasteiger partial charge in [0.05, 0.1) is 0 Å². The topological polar surface area (TPSA) is 20.2 Å². The summed E-state index contributed by atoms with van der Waals surface area (Å²) in [4.78, 5) is 1.28. The number of thiophene rings is 1. The first-order valence-electron chi connectivity index (χ1n) is 8.00. The second-order valence-corrected chi connectivity index (χ2v) is 7.02. The lowest BCUT2D eigenvalue weighted by Gasteiger charge is -2.07. The highest BCUT2D eigenvalue weighted by Gasteiger charge is 2.08. The van der Waals surface area contributed by atoms with Gasteiger partial charge in [0.2, 0.25) is 0 Å². The molecule has 3 rings (SSSR count). The molecule has 0 aliphatic carbocycles. The van der Waals surface area contributed by atoms with E-state index in [1.54, 1.807) is 17.4 Å². The number of fused-ring (bicyclic) bond motifs is 1. The average Bonchev–Trinajstić information content (AvgIpc) is 2.90. The van der Waals surface area contributed by atoms with E-state index in [9.17, 15) is 5.11 Å². The molecule has 1 heterocycles. The van der Waals surface area contributed by atoms with E-state index in [2.05, 4.69) is 38.1 Å². The van der Waals surface area contributed by atoms with Crippen LogP contribution < -0.4 is 0 Å². The lowest BCUT2D eigenvalue weighted by atomic mass is 10.00. The van der Waals surface area contributed by atoms with E-state index in [-0.39, 0.29) is 0 Å². The van der Waals surface area contributed by atoms with Crippen LogP contribution in [0.4, 0.5) is 0 Å². The van der Waals surface area contributed by atoms with Crippen molar-refractivity contribution < 1.29 is 5.11 Å². The molecule has 0 unspecified atom stereocenters. The zero-order valence-corrected chi connectivity index (χ0v) is 14.0. The van der Waals surface area contributed by atoms with Crippen LogP contribution in [-0.4, -0.2) is 5.11 Å². The molecule has 2 heteroatoms. The van der Waals surface area contributed by atoms with E-state index in [0.29, 0.717) is 5.75 Å². The van der Waals surface area contributed by atoms with Crippen molar-refractivity contribution in [1.82, 2.24) is 0 Å². The predicted octanol–water partition coefficient (Wildman–Crippen LogP) is 6.32. The van der Waals surface area contributed by atoms with Gasteiger partial charge in [-0.05, 0) is 66.1 Å². The van der Waals surface area contributed by atoms with Gasteiger partial charge >= 0.3 is 0 Å². The van der Waals surface area contributed by atoms with Gasteiger partial charge in [-0.2, -0.15) is 0 Å². The molecule has 0 fully saturated rings. The molecule has 1 aromatic heterocycles. The van der Waals surface area contributed by atoms with Gasteiger partial charge in [0.15, 0.2) is 0 Å². The number of unbranched alkanes of at least 4 members (excludes halogenated alkanes) is 2. The minimum Gasteiger partial charge on any atom is -0.508 e. The number of aromatic hydroxyl groups is 1. The van der Waals surface area contributed by atoms with Crippen LogP contribution in [0.25, 0.3) is 20.5 Å². The Bertz CT molecular complexity index is 786. The highest BCUT2D eigenvalue weighted by Crippen LogP contribution is 2.36. The molecular weight excluding hydrogens is 288 g/mol. The third-order valence-corrected chi connectivity index (χ3v) is 5.26. The highest BCUT2D eigenvalue weighted by atomic mass is 32.1. The summed E-state index contributed by atoms with van der Waals surface area (Å²) in [6, 6.07) is 14.6. The molecule has 0 saturated carbocycles. The Morgan fingerprint density at radius 2 is 1.86 bits per heavy atom. The summed E-state index contributed by atoms with van der Waals surface area (Å²) in [7, 11) is 0. The summed E-state index contributed by atoms with van der Waals surface area (Å²) in [5.41, 5.74) is 4.08. The van der Waals surface area contributed by atoms with Gasteiger partial charge in [-0.15, -0.1) is 11.3 Å². The van der Waals surface area contributed by atoms with Crippen molar-refractivity contribution in [2.45, 2.75) is 39.5 Å². The van der Waals surface area contributed by atoms with Gasteiger partial charge in [0.25, 0.3) is 0 Å². The summed E-state index contributed by atoms with van der Waals surface area (Å²) < 4.78 is 1.14. The summed E-state index contributed by atoms with van der Waals surface area (Å²) >= 11 is 1.75. The second-order valence-electron chi connectivity index (χ2n) is 5.94. The van der Waals surface area contributed by atoms with Gasteiger partial charge < -0.3 is 5.11 Å². The molecule has 0 radical (unpaired) electrons. The first kappa shape index (κ1) is 15.1. The van der Waals surface area contributed by atoms with E-state index in [1.807, 2.05) is 12.1 Å². The van der Waals surface area contributed by atoms with Gasteiger partial charge in [-0.3, -0.25) is 0 Å². The lowest BCUT2D eigenvalue weighted by Crippen LogP contribution is -1.88. The van der Waals surface area contributed by atoms with E-state index >= 15 is 0 Å². The number of phenols is 1. The summed E-state index contributed by atoms with van der Waals surface area (Å²) in [6.07, 6.45) is 5.03. The molecule has 1 N–H and O–H groups in total. The maximum atomic E-state index is 9.61. The maximum absolute atomic E-state index is 9.61. The van der Waals surface area contributed by atoms with Gasteiger partial charge in [-0.25, -0.2) is 0 Å². The molecule has 1 nitrogen and oxygen atoms in total. The largest absolute Gasteiger partial charge is 0.508 e. The fourth-order valence-electron chi connectivity index (χ4n) is 2.89. The van der Waals surface area contributed by atoms with Crippen molar-refractivity contribution >= 4 is 21.4 Å². The Kier molecular flexibility index (Phi) is 4.49. The summed E-state index contributed by atoms with van der Waals surface area (Å²) in [5.74, 6) is 0.337. The van der Waals surface area contributed by atoms with Crippen molar-refractivity contribution in [3.8, 4) is 16.2 Å². The molecule has 0 spiro atoms. The first-order valence-corrected chi connectivity index (χ1v) is 8.81. The zero-order valence-electron chi connectivity index (χ0n) is 13.2. The number of hydrogen-bond acceptors (Lipinski definition) is 2. The number of benzene rings is 2. The number of phenolic OH excluding ortho intramolecular Hbond substituents is 1. The quantitative estimate of drug-likeness (QED) is 0.547. The Labute approximate surface area is 136 Å². The molecule has 114 valence electrons. The standard InChI is InChI=1S/C20H22OS/c1-3-4-5-6-15-7-10-18(14(2)11-15)20-12-16-8-9-17(21)13-19(16)22-20/h7-13,21H,3-6H2,1-2H3. The van der Waals surface area contributed by atoms with Crippen molar-refractivity contribution in [1.29, 1.82) is 0 Å².